The van der Waals surface area contributed by atoms with Crippen molar-refractivity contribution in [2.24, 2.45) is 0 Å². The van der Waals surface area contributed by atoms with Crippen LogP contribution in [0.3, 0.4) is 0 Å². The minimum atomic E-state index is -0.347. The van der Waals surface area contributed by atoms with E-state index in [9.17, 15) is 4.79 Å². The highest BCUT2D eigenvalue weighted by atomic mass is 32.2. The highest BCUT2D eigenvalue weighted by Crippen LogP contribution is 2.46. The molecular formula is C19H20O4S2. The van der Waals surface area contributed by atoms with Gasteiger partial charge in [0.05, 0.1) is 25.2 Å². The maximum atomic E-state index is 12.3. The molecule has 0 aliphatic carbocycles. The first kappa shape index (κ1) is 18.0. The molecule has 1 heterocycles. The minimum Gasteiger partial charge on any atom is -0.496 e. The molecule has 1 aliphatic rings. The second-order valence-corrected chi connectivity index (χ2v) is 8.17. The van der Waals surface area contributed by atoms with E-state index in [1.54, 1.807) is 14.2 Å². The molecule has 0 radical (unpaired) electrons. The number of hydrogen-bond donors (Lipinski definition) is 0. The molecule has 1 aliphatic heterocycles. The summed E-state index contributed by atoms with van der Waals surface area (Å²) >= 11 is 3.85. The summed E-state index contributed by atoms with van der Waals surface area (Å²) in [5.41, 5.74) is 1.98. The summed E-state index contributed by atoms with van der Waals surface area (Å²) in [6.45, 7) is 0. The van der Waals surface area contributed by atoms with Gasteiger partial charge in [-0.05, 0) is 23.8 Å². The van der Waals surface area contributed by atoms with Crippen LogP contribution in [0.5, 0.6) is 17.2 Å². The Morgan fingerprint density at radius 2 is 1.72 bits per heavy atom. The largest absolute Gasteiger partial charge is 0.496 e. The number of methoxy groups -OCH3 is 2. The van der Waals surface area contributed by atoms with Gasteiger partial charge >= 0.3 is 5.97 Å². The van der Waals surface area contributed by atoms with Gasteiger partial charge in [0.2, 0.25) is 0 Å². The van der Waals surface area contributed by atoms with Crippen molar-refractivity contribution in [3.8, 4) is 17.2 Å². The Balaban J connectivity index is 1.72. The standard InChI is InChI=1S/C19H20O4S2/c1-21-15-6-4-3-5-13(15)12-18(20)23-16-8-7-14(11-17(16)22-2)19-24-9-10-25-19/h3-8,11,19H,9-10,12H2,1-2H3. The number of carbonyl (C=O) groups excluding carboxylic acids is 1. The van der Waals surface area contributed by atoms with Gasteiger partial charge in [-0.1, -0.05) is 24.3 Å². The van der Waals surface area contributed by atoms with Gasteiger partial charge in [0, 0.05) is 17.1 Å². The fourth-order valence-electron chi connectivity index (χ4n) is 2.63. The average molecular weight is 376 g/mol. The Labute approximate surface area is 156 Å². The van der Waals surface area contributed by atoms with Gasteiger partial charge in [0.15, 0.2) is 11.5 Å². The second kappa shape index (κ2) is 8.54. The molecule has 132 valence electrons. The lowest BCUT2D eigenvalue weighted by Crippen LogP contribution is -2.12. The topological polar surface area (TPSA) is 44.8 Å². The van der Waals surface area contributed by atoms with E-state index in [1.165, 1.54) is 5.56 Å². The molecule has 0 saturated carbocycles. The Bertz CT molecular complexity index is 742. The van der Waals surface area contributed by atoms with Crippen molar-refractivity contribution in [1.29, 1.82) is 0 Å². The van der Waals surface area contributed by atoms with Crippen LogP contribution < -0.4 is 14.2 Å². The van der Waals surface area contributed by atoms with Gasteiger partial charge in [-0.3, -0.25) is 4.79 Å². The molecule has 0 spiro atoms. The second-order valence-electron chi connectivity index (χ2n) is 5.45. The number of hydrogen-bond acceptors (Lipinski definition) is 6. The molecule has 1 saturated heterocycles. The lowest BCUT2D eigenvalue weighted by Gasteiger charge is -2.14. The number of para-hydroxylation sites is 1. The van der Waals surface area contributed by atoms with Crippen molar-refractivity contribution in [2.45, 2.75) is 11.0 Å². The molecule has 0 unspecified atom stereocenters. The highest BCUT2D eigenvalue weighted by molar-refractivity contribution is 8.19. The molecule has 25 heavy (non-hydrogen) atoms. The normalized spacial score (nSPS) is 14.3. The first-order chi connectivity index (χ1) is 12.2. The first-order valence-corrected chi connectivity index (χ1v) is 10.0. The van der Waals surface area contributed by atoms with Crippen molar-refractivity contribution in [2.75, 3.05) is 25.7 Å². The number of ether oxygens (including phenoxy) is 3. The third kappa shape index (κ3) is 4.44. The van der Waals surface area contributed by atoms with E-state index in [2.05, 4.69) is 0 Å². The molecule has 0 atom stereocenters. The van der Waals surface area contributed by atoms with Crippen LogP contribution in [-0.2, 0) is 11.2 Å². The van der Waals surface area contributed by atoms with Gasteiger partial charge in [-0.2, -0.15) is 0 Å². The van der Waals surface area contributed by atoms with E-state index < -0.39 is 0 Å². The maximum absolute atomic E-state index is 12.3. The molecule has 3 rings (SSSR count). The molecule has 6 heteroatoms. The number of esters is 1. The van der Waals surface area contributed by atoms with Crippen molar-refractivity contribution in [3.63, 3.8) is 0 Å². The third-order valence-corrected chi connectivity index (χ3v) is 6.94. The van der Waals surface area contributed by atoms with E-state index in [1.807, 2.05) is 66.0 Å². The zero-order chi connectivity index (χ0) is 17.6. The van der Waals surface area contributed by atoms with Crippen LogP contribution >= 0.6 is 23.5 Å². The summed E-state index contributed by atoms with van der Waals surface area (Å²) < 4.78 is 16.6. The van der Waals surface area contributed by atoms with Crippen LogP contribution in [-0.4, -0.2) is 31.7 Å². The van der Waals surface area contributed by atoms with Crippen LogP contribution in [0.1, 0.15) is 15.7 Å². The molecule has 0 bridgehead atoms. The third-order valence-electron chi connectivity index (χ3n) is 3.83. The van der Waals surface area contributed by atoms with Gasteiger partial charge in [0.25, 0.3) is 0 Å². The summed E-state index contributed by atoms with van der Waals surface area (Å²) in [4.78, 5) is 12.3. The summed E-state index contributed by atoms with van der Waals surface area (Å²) in [6, 6.07) is 13.2. The summed E-state index contributed by atoms with van der Waals surface area (Å²) in [5.74, 6) is 3.68. The van der Waals surface area contributed by atoms with Gasteiger partial charge < -0.3 is 14.2 Å². The van der Waals surface area contributed by atoms with Gasteiger partial charge in [-0.25, -0.2) is 0 Å². The monoisotopic (exact) mass is 376 g/mol. The molecule has 4 nitrogen and oxygen atoms in total. The summed E-state index contributed by atoms with van der Waals surface area (Å²) in [6.07, 6.45) is 0.142. The van der Waals surface area contributed by atoms with E-state index in [-0.39, 0.29) is 12.4 Å². The molecule has 0 N–H and O–H groups in total. The fourth-order valence-corrected chi connectivity index (χ4v) is 5.47. The van der Waals surface area contributed by atoms with E-state index >= 15 is 0 Å². The SMILES string of the molecule is COc1ccccc1CC(=O)Oc1ccc(C2SCCS2)cc1OC. The predicted octanol–water partition coefficient (Wildman–Crippen LogP) is 4.33. The Hall–Kier alpha value is -1.79. The Morgan fingerprint density at radius 1 is 1.00 bits per heavy atom. The van der Waals surface area contributed by atoms with Crippen molar-refractivity contribution in [3.05, 3.63) is 53.6 Å². The molecule has 1 fully saturated rings. The molecule has 0 aromatic heterocycles. The summed E-state index contributed by atoms with van der Waals surface area (Å²) in [7, 11) is 3.18. The Kier molecular flexibility index (Phi) is 6.15. The minimum absolute atomic E-state index is 0.142. The zero-order valence-electron chi connectivity index (χ0n) is 14.2. The lowest BCUT2D eigenvalue weighted by molar-refractivity contribution is -0.133. The fraction of sp³-hybridized carbons (Fsp3) is 0.316. The van der Waals surface area contributed by atoms with Crippen LogP contribution in [0, 0.1) is 0 Å². The van der Waals surface area contributed by atoms with Crippen LogP contribution in [0.25, 0.3) is 0 Å². The maximum Gasteiger partial charge on any atom is 0.315 e. The zero-order valence-corrected chi connectivity index (χ0v) is 15.8. The number of thioether (sulfide) groups is 2. The molecular weight excluding hydrogens is 356 g/mol. The summed E-state index contributed by atoms with van der Waals surface area (Å²) in [5, 5.41) is 0. The smallest absolute Gasteiger partial charge is 0.315 e. The quantitative estimate of drug-likeness (QED) is 0.552. The predicted molar refractivity (Wildman–Crippen MR) is 103 cm³/mol. The Morgan fingerprint density at radius 3 is 2.44 bits per heavy atom. The van der Waals surface area contributed by atoms with Crippen molar-refractivity contribution < 1.29 is 19.0 Å². The van der Waals surface area contributed by atoms with Crippen molar-refractivity contribution >= 4 is 29.5 Å². The van der Waals surface area contributed by atoms with Crippen LogP contribution in [0.2, 0.25) is 0 Å². The van der Waals surface area contributed by atoms with Gasteiger partial charge in [-0.15, -0.1) is 23.5 Å². The highest BCUT2D eigenvalue weighted by Gasteiger charge is 2.21. The van der Waals surface area contributed by atoms with E-state index in [0.717, 1.165) is 17.1 Å². The average Bonchev–Trinajstić information content (AvgIpc) is 3.17. The molecule has 2 aromatic carbocycles. The van der Waals surface area contributed by atoms with E-state index in [0.29, 0.717) is 21.8 Å². The number of rotatable bonds is 6. The number of benzene rings is 2. The first-order valence-electron chi connectivity index (χ1n) is 7.95. The molecule has 0 amide bonds. The van der Waals surface area contributed by atoms with Crippen molar-refractivity contribution in [1.82, 2.24) is 0 Å². The number of carbonyl (C=O) groups is 1. The lowest BCUT2D eigenvalue weighted by atomic mass is 10.1. The van der Waals surface area contributed by atoms with Crippen LogP contribution in [0.15, 0.2) is 42.5 Å². The molecule has 2 aromatic rings. The van der Waals surface area contributed by atoms with Gasteiger partial charge in [0.1, 0.15) is 5.75 Å². The van der Waals surface area contributed by atoms with E-state index in [4.69, 9.17) is 14.2 Å². The van der Waals surface area contributed by atoms with Crippen LogP contribution in [0.4, 0.5) is 0 Å².